The molecule has 0 aliphatic rings. The summed E-state index contributed by atoms with van der Waals surface area (Å²) in [6, 6.07) is 10.3. The topological polar surface area (TPSA) is 41.1 Å². The Morgan fingerprint density at radius 2 is 1.94 bits per heavy atom. The van der Waals surface area contributed by atoms with Crippen LogP contribution in [0.15, 0.2) is 42.7 Å². The number of nitrogens with one attached hydrogen (secondary N) is 1. The first-order valence-electron chi connectivity index (χ1n) is 5.54. The molecule has 0 fully saturated rings. The minimum Gasteiger partial charge on any atom is -0.372 e. The fraction of sp³-hybridized carbons (Fsp3) is 0.231. The van der Waals surface area contributed by atoms with E-state index in [9.17, 15) is 0 Å². The van der Waals surface area contributed by atoms with Crippen LogP contribution in [0.3, 0.4) is 0 Å². The highest BCUT2D eigenvalue weighted by Gasteiger charge is 2.04. The maximum atomic E-state index is 4.44. The lowest BCUT2D eigenvalue weighted by Gasteiger charge is -2.18. The Labute approximate surface area is 101 Å². The molecule has 1 aromatic carbocycles. The summed E-state index contributed by atoms with van der Waals surface area (Å²) in [6.07, 6.45) is 3.48. The summed E-state index contributed by atoms with van der Waals surface area (Å²) in [5.41, 5.74) is 1.26. The van der Waals surface area contributed by atoms with Crippen LogP contribution in [0.25, 0.3) is 0 Å². The van der Waals surface area contributed by atoms with Gasteiger partial charge in [0.15, 0.2) is 0 Å². The van der Waals surface area contributed by atoms with Crippen molar-refractivity contribution in [3.63, 3.8) is 0 Å². The standard InChI is InChI=1S/C13H16N4/c1-14-12-8-15-9-13(16-12)17(2)10-11-6-4-3-5-7-11/h3-9H,10H2,1-2H3,(H,14,16). The molecule has 0 aliphatic carbocycles. The Morgan fingerprint density at radius 1 is 1.18 bits per heavy atom. The highest BCUT2D eigenvalue weighted by molar-refractivity contribution is 5.43. The zero-order chi connectivity index (χ0) is 12.1. The van der Waals surface area contributed by atoms with Crippen LogP contribution in [0.4, 0.5) is 11.6 Å². The van der Waals surface area contributed by atoms with Gasteiger partial charge < -0.3 is 10.2 Å². The molecule has 1 heterocycles. The Morgan fingerprint density at radius 3 is 2.65 bits per heavy atom. The van der Waals surface area contributed by atoms with E-state index in [1.807, 2.05) is 32.3 Å². The zero-order valence-corrected chi connectivity index (χ0v) is 10.1. The van der Waals surface area contributed by atoms with Gasteiger partial charge in [0.25, 0.3) is 0 Å². The molecule has 88 valence electrons. The summed E-state index contributed by atoms with van der Waals surface area (Å²) < 4.78 is 0. The number of aromatic nitrogens is 2. The summed E-state index contributed by atoms with van der Waals surface area (Å²) >= 11 is 0. The van der Waals surface area contributed by atoms with Crippen LogP contribution >= 0.6 is 0 Å². The average Bonchev–Trinajstić information content (AvgIpc) is 2.40. The number of anilines is 2. The van der Waals surface area contributed by atoms with Gasteiger partial charge >= 0.3 is 0 Å². The van der Waals surface area contributed by atoms with Gasteiger partial charge in [-0.25, -0.2) is 4.98 Å². The maximum Gasteiger partial charge on any atom is 0.149 e. The zero-order valence-electron chi connectivity index (χ0n) is 10.1. The molecule has 4 nitrogen and oxygen atoms in total. The maximum absolute atomic E-state index is 4.44. The number of hydrogen-bond donors (Lipinski definition) is 1. The first kappa shape index (κ1) is 11.4. The molecular formula is C13H16N4. The lowest BCUT2D eigenvalue weighted by Crippen LogP contribution is -2.18. The third kappa shape index (κ3) is 2.93. The summed E-state index contributed by atoms with van der Waals surface area (Å²) in [5, 5.41) is 2.99. The van der Waals surface area contributed by atoms with Gasteiger partial charge in [-0.15, -0.1) is 0 Å². The van der Waals surface area contributed by atoms with E-state index in [1.165, 1.54) is 5.56 Å². The van der Waals surface area contributed by atoms with Gasteiger partial charge in [0, 0.05) is 20.6 Å². The highest BCUT2D eigenvalue weighted by Crippen LogP contribution is 2.13. The van der Waals surface area contributed by atoms with Crippen LogP contribution in [0.2, 0.25) is 0 Å². The van der Waals surface area contributed by atoms with E-state index >= 15 is 0 Å². The Bertz CT molecular complexity index is 470. The molecular weight excluding hydrogens is 212 g/mol. The molecule has 4 heteroatoms. The van der Waals surface area contributed by atoms with Crippen molar-refractivity contribution >= 4 is 11.6 Å². The summed E-state index contributed by atoms with van der Waals surface area (Å²) in [7, 11) is 3.85. The molecule has 0 spiro atoms. The molecule has 2 aromatic rings. The van der Waals surface area contributed by atoms with Crippen molar-refractivity contribution in [1.29, 1.82) is 0 Å². The van der Waals surface area contributed by atoms with Crippen molar-refractivity contribution in [2.45, 2.75) is 6.54 Å². The molecule has 1 N–H and O–H groups in total. The predicted octanol–water partition coefficient (Wildman–Crippen LogP) is 2.15. The fourth-order valence-corrected chi connectivity index (χ4v) is 1.60. The van der Waals surface area contributed by atoms with E-state index in [1.54, 1.807) is 12.4 Å². The van der Waals surface area contributed by atoms with Gasteiger partial charge in [0.2, 0.25) is 0 Å². The van der Waals surface area contributed by atoms with E-state index in [-0.39, 0.29) is 0 Å². The largest absolute Gasteiger partial charge is 0.372 e. The van der Waals surface area contributed by atoms with Crippen LogP contribution < -0.4 is 10.2 Å². The van der Waals surface area contributed by atoms with Gasteiger partial charge in [-0.1, -0.05) is 30.3 Å². The second kappa shape index (κ2) is 5.30. The van der Waals surface area contributed by atoms with Gasteiger partial charge in [-0.05, 0) is 5.56 Å². The molecule has 2 rings (SSSR count). The molecule has 1 aromatic heterocycles. The van der Waals surface area contributed by atoms with Gasteiger partial charge in [0.05, 0.1) is 12.4 Å². The first-order valence-corrected chi connectivity index (χ1v) is 5.54. The average molecular weight is 228 g/mol. The van der Waals surface area contributed by atoms with Gasteiger partial charge in [-0.3, -0.25) is 4.98 Å². The summed E-state index contributed by atoms with van der Waals surface area (Å²) in [5.74, 6) is 1.64. The third-order valence-corrected chi connectivity index (χ3v) is 2.53. The molecule has 0 saturated heterocycles. The Kier molecular flexibility index (Phi) is 3.55. The van der Waals surface area contributed by atoms with E-state index in [4.69, 9.17) is 0 Å². The quantitative estimate of drug-likeness (QED) is 0.870. The lowest BCUT2D eigenvalue weighted by atomic mass is 10.2. The smallest absolute Gasteiger partial charge is 0.149 e. The first-order chi connectivity index (χ1) is 8.29. The molecule has 0 aliphatic heterocycles. The van der Waals surface area contributed by atoms with Gasteiger partial charge in [-0.2, -0.15) is 0 Å². The number of benzene rings is 1. The Balaban J connectivity index is 2.11. The molecule has 0 atom stereocenters. The third-order valence-electron chi connectivity index (χ3n) is 2.53. The van der Waals surface area contributed by atoms with Crippen molar-refractivity contribution in [2.75, 3.05) is 24.3 Å². The highest BCUT2D eigenvalue weighted by atomic mass is 15.2. The van der Waals surface area contributed by atoms with Crippen LogP contribution in [0.5, 0.6) is 0 Å². The molecule has 0 bridgehead atoms. The molecule has 0 saturated carbocycles. The van der Waals surface area contributed by atoms with Crippen LogP contribution in [-0.4, -0.2) is 24.1 Å². The number of hydrogen-bond acceptors (Lipinski definition) is 4. The van der Waals surface area contributed by atoms with Crippen molar-refractivity contribution in [1.82, 2.24) is 9.97 Å². The SMILES string of the molecule is CNc1cncc(N(C)Cc2ccccc2)n1. The molecule has 0 amide bonds. The number of rotatable bonds is 4. The second-order valence-corrected chi connectivity index (χ2v) is 3.85. The summed E-state index contributed by atoms with van der Waals surface area (Å²) in [4.78, 5) is 10.7. The van der Waals surface area contributed by atoms with E-state index < -0.39 is 0 Å². The monoisotopic (exact) mass is 228 g/mol. The van der Waals surface area contributed by atoms with Crippen molar-refractivity contribution in [3.8, 4) is 0 Å². The summed E-state index contributed by atoms with van der Waals surface area (Å²) in [6.45, 7) is 0.822. The van der Waals surface area contributed by atoms with E-state index in [0.29, 0.717) is 0 Å². The minimum absolute atomic E-state index is 0.780. The van der Waals surface area contributed by atoms with Crippen LogP contribution in [0.1, 0.15) is 5.56 Å². The lowest BCUT2D eigenvalue weighted by molar-refractivity contribution is 0.891. The number of nitrogens with zero attached hydrogens (tertiary/aromatic N) is 3. The predicted molar refractivity (Wildman–Crippen MR) is 70.1 cm³/mol. The van der Waals surface area contributed by atoms with Crippen LogP contribution in [0, 0.1) is 0 Å². The molecule has 0 radical (unpaired) electrons. The van der Waals surface area contributed by atoms with Crippen molar-refractivity contribution in [2.24, 2.45) is 0 Å². The van der Waals surface area contributed by atoms with Crippen molar-refractivity contribution < 1.29 is 0 Å². The second-order valence-electron chi connectivity index (χ2n) is 3.85. The Hall–Kier alpha value is -2.10. The van der Waals surface area contributed by atoms with E-state index in [2.05, 4.69) is 32.3 Å². The van der Waals surface area contributed by atoms with E-state index in [0.717, 1.165) is 18.2 Å². The van der Waals surface area contributed by atoms with Crippen molar-refractivity contribution in [3.05, 3.63) is 48.3 Å². The fourth-order valence-electron chi connectivity index (χ4n) is 1.60. The van der Waals surface area contributed by atoms with Gasteiger partial charge in [0.1, 0.15) is 11.6 Å². The molecule has 0 unspecified atom stereocenters. The normalized spacial score (nSPS) is 10.0. The minimum atomic E-state index is 0.780. The molecule has 17 heavy (non-hydrogen) atoms. The van der Waals surface area contributed by atoms with Crippen LogP contribution in [-0.2, 0) is 6.54 Å².